The van der Waals surface area contributed by atoms with Gasteiger partial charge < -0.3 is 10.6 Å². The van der Waals surface area contributed by atoms with Crippen LogP contribution >= 0.6 is 0 Å². The molecule has 2 rings (SSSR count). The van der Waals surface area contributed by atoms with E-state index < -0.39 is 17.5 Å². The van der Waals surface area contributed by atoms with Gasteiger partial charge in [-0.15, -0.1) is 0 Å². The van der Waals surface area contributed by atoms with Crippen LogP contribution in [0.2, 0.25) is 0 Å². The molecule has 1 aliphatic heterocycles. The zero-order chi connectivity index (χ0) is 14.2. The number of amides is 1. The number of piperidine rings is 1. The van der Waals surface area contributed by atoms with Crippen LogP contribution in [-0.4, -0.2) is 23.4 Å². The van der Waals surface area contributed by atoms with Crippen LogP contribution in [0.4, 0.5) is 14.5 Å². The first kappa shape index (κ1) is 13.8. The SMILES string of the molecule is CC1CCN(C(=O)c2cc(F)cc(N)c2F)C(C)C1. The molecule has 1 fully saturated rings. The standard InChI is InChI=1S/C14H18F2N2O/c1-8-3-4-18(9(2)5-8)14(19)11-6-10(15)7-12(17)13(11)16/h6-9H,3-5,17H2,1-2H3. The fraction of sp³-hybridized carbons (Fsp3) is 0.500. The maximum Gasteiger partial charge on any atom is 0.257 e. The van der Waals surface area contributed by atoms with E-state index in [9.17, 15) is 13.6 Å². The molecule has 104 valence electrons. The summed E-state index contributed by atoms with van der Waals surface area (Å²) in [7, 11) is 0. The molecule has 1 aliphatic rings. The third-order valence-corrected chi connectivity index (χ3v) is 3.70. The number of hydrogen-bond donors (Lipinski definition) is 1. The van der Waals surface area contributed by atoms with E-state index >= 15 is 0 Å². The van der Waals surface area contributed by atoms with Gasteiger partial charge in [0.1, 0.15) is 5.82 Å². The summed E-state index contributed by atoms with van der Waals surface area (Å²) < 4.78 is 27.1. The Morgan fingerprint density at radius 1 is 1.37 bits per heavy atom. The molecule has 2 atom stereocenters. The fourth-order valence-electron chi connectivity index (χ4n) is 2.63. The summed E-state index contributed by atoms with van der Waals surface area (Å²) in [4.78, 5) is 13.9. The van der Waals surface area contributed by atoms with Crippen LogP contribution in [-0.2, 0) is 0 Å². The molecule has 0 spiro atoms. The minimum Gasteiger partial charge on any atom is -0.396 e. The lowest BCUT2D eigenvalue weighted by molar-refractivity contribution is 0.0583. The topological polar surface area (TPSA) is 46.3 Å². The predicted molar refractivity (Wildman–Crippen MR) is 69.7 cm³/mol. The highest BCUT2D eigenvalue weighted by atomic mass is 19.1. The van der Waals surface area contributed by atoms with Gasteiger partial charge in [-0.2, -0.15) is 0 Å². The van der Waals surface area contributed by atoms with Crippen molar-refractivity contribution in [2.24, 2.45) is 5.92 Å². The van der Waals surface area contributed by atoms with Crippen LogP contribution in [0.3, 0.4) is 0 Å². The number of anilines is 1. The lowest BCUT2D eigenvalue weighted by atomic mass is 9.93. The van der Waals surface area contributed by atoms with Gasteiger partial charge in [0.2, 0.25) is 0 Å². The number of carbonyl (C=O) groups is 1. The first-order chi connectivity index (χ1) is 8.90. The molecule has 1 heterocycles. The highest BCUT2D eigenvalue weighted by molar-refractivity contribution is 5.95. The molecule has 3 nitrogen and oxygen atoms in total. The molecule has 0 saturated carbocycles. The van der Waals surface area contributed by atoms with E-state index in [1.165, 1.54) is 0 Å². The van der Waals surface area contributed by atoms with E-state index in [0.717, 1.165) is 25.0 Å². The summed E-state index contributed by atoms with van der Waals surface area (Å²) in [6.45, 7) is 4.62. The first-order valence-electron chi connectivity index (χ1n) is 6.45. The smallest absolute Gasteiger partial charge is 0.257 e. The van der Waals surface area contributed by atoms with Gasteiger partial charge in [-0.1, -0.05) is 6.92 Å². The maximum absolute atomic E-state index is 13.9. The second kappa shape index (κ2) is 5.15. The molecule has 2 N–H and O–H groups in total. The molecule has 1 saturated heterocycles. The Morgan fingerprint density at radius 2 is 2.05 bits per heavy atom. The zero-order valence-corrected chi connectivity index (χ0v) is 11.1. The molecular formula is C14H18F2N2O. The van der Waals surface area contributed by atoms with Crippen molar-refractivity contribution in [2.45, 2.75) is 32.7 Å². The van der Waals surface area contributed by atoms with Gasteiger partial charge in [0.05, 0.1) is 11.3 Å². The fourth-order valence-corrected chi connectivity index (χ4v) is 2.63. The number of nitrogens with zero attached hydrogens (tertiary/aromatic N) is 1. The highest BCUT2D eigenvalue weighted by Gasteiger charge is 2.29. The summed E-state index contributed by atoms with van der Waals surface area (Å²) in [5.41, 5.74) is 4.75. The lowest BCUT2D eigenvalue weighted by Gasteiger charge is -2.36. The zero-order valence-electron chi connectivity index (χ0n) is 11.1. The van der Waals surface area contributed by atoms with Gasteiger partial charge in [0, 0.05) is 12.6 Å². The molecule has 1 amide bonds. The van der Waals surface area contributed by atoms with E-state index in [1.54, 1.807) is 4.90 Å². The van der Waals surface area contributed by atoms with Gasteiger partial charge in [0.15, 0.2) is 5.82 Å². The number of carbonyl (C=O) groups excluding carboxylic acids is 1. The molecule has 1 aromatic rings. The molecule has 0 bridgehead atoms. The second-order valence-corrected chi connectivity index (χ2v) is 5.33. The van der Waals surface area contributed by atoms with E-state index in [2.05, 4.69) is 6.92 Å². The van der Waals surface area contributed by atoms with Crippen LogP contribution in [0.15, 0.2) is 12.1 Å². The van der Waals surface area contributed by atoms with E-state index in [1.807, 2.05) is 6.92 Å². The van der Waals surface area contributed by atoms with Crippen molar-refractivity contribution in [3.8, 4) is 0 Å². The number of nitrogens with two attached hydrogens (primary N) is 1. The van der Waals surface area contributed by atoms with Gasteiger partial charge in [-0.05, 0) is 37.8 Å². The Kier molecular flexibility index (Phi) is 3.73. The molecule has 0 radical (unpaired) electrons. The van der Waals surface area contributed by atoms with Crippen LogP contribution in [0.5, 0.6) is 0 Å². The summed E-state index contributed by atoms with van der Waals surface area (Å²) in [6, 6.07) is 1.83. The minimum absolute atomic E-state index is 0.0279. The van der Waals surface area contributed by atoms with Crippen molar-refractivity contribution in [3.05, 3.63) is 29.3 Å². The number of halogens is 2. The molecule has 1 aromatic carbocycles. The largest absolute Gasteiger partial charge is 0.396 e. The Hall–Kier alpha value is -1.65. The first-order valence-corrected chi connectivity index (χ1v) is 6.45. The average molecular weight is 268 g/mol. The average Bonchev–Trinajstić information content (AvgIpc) is 2.33. The van der Waals surface area contributed by atoms with Crippen molar-refractivity contribution >= 4 is 11.6 Å². The Bertz CT molecular complexity index is 504. The van der Waals surface area contributed by atoms with Crippen molar-refractivity contribution in [1.82, 2.24) is 4.90 Å². The van der Waals surface area contributed by atoms with Crippen molar-refractivity contribution < 1.29 is 13.6 Å². The summed E-state index contributed by atoms with van der Waals surface area (Å²) in [5.74, 6) is -1.47. The molecule has 2 unspecified atom stereocenters. The highest BCUT2D eigenvalue weighted by Crippen LogP contribution is 2.26. The Labute approximate surface area is 111 Å². The van der Waals surface area contributed by atoms with E-state index in [-0.39, 0.29) is 17.3 Å². The van der Waals surface area contributed by atoms with Crippen LogP contribution in [0.1, 0.15) is 37.0 Å². The summed E-state index contributed by atoms with van der Waals surface area (Å²) in [5, 5.41) is 0. The number of rotatable bonds is 1. The van der Waals surface area contributed by atoms with Crippen LogP contribution < -0.4 is 5.73 Å². The van der Waals surface area contributed by atoms with Crippen LogP contribution in [0.25, 0.3) is 0 Å². The van der Waals surface area contributed by atoms with Crippen molar-refractivity contribution in [1.29, 1.82) is 0 Å². The Balaban J connectivity index is 2.29. The number of benzene rings is 1. The van der Waals surface area contributed by atoms with Gasteiger partial charge >= 0.3 is 0 Å². The quantitative estimate of drug-likeness (QED) is 0.796. The number of hydrogen-bond acceptors (Lipinski definition) is 2. The van der Waals surface area contributed by atoms with Gasteiger partial charge in [-0.3, -0.25) is 4.79 Å². The summed E-state index contributed by atoms with van der Waals surface area (Å²) in [6.07, 6.45) is 1.75. The number of likely N-dealkylation sites (tertiary alicyclic amines) is 1. The van der Waals surface area contributed by atoms with Crippen molar-refractivity contribution in [2.75, 3.05) is 12.3 Å². The van der Waals surface area contributed by atoms with E-state index in [0.29, 0.717) is 12.5 Å². The number of nitrogen functional groups attached to an aromatic ring is 1. The molecule has 0 aliphatic carbocycles. The van der Waals surface area contributed by atoms with Crippen molar-refractivity contribution in [3.63, 3.8) is 0 Å². The lowest BCUT2D eigenvalue weighted by Crippen LogP contribution is -2.44. The second-order valence-electron chi connectivity index (χ2n) is 5.33. The maximum atomic E-state index is 13.9. The molecular weight excluding hydrogens is 250 g/mol. The molecule has 19 heavy (non-hydrogen) atoms. The third-order valence-electron chi connectivity index (χ3n) is 3.70. The monoisotopic (exact) mass is 268 g/mol. The van der Waals surface area contributed by atoms with Gasteiger partial charge in [0.25, 0.3) is 5.91 Å². The molecule has 0 aromatic heterocycles. The Morgan fingerprint density at radius 3 is 2.68 bits per heavy atom. The van der Waals surface area contributed by atoms with Gasteiger partial charge in [-0.25, -0.2) is 8.78 Å². The third kappa shape index (κ3) is 2.69. The molecule has 5 heteroatoms. The van der Waals surface area contributed by atoms with E-state index in [4.69, 9.17) is 5.73 Å². The van der Waals surface area contributed by atoms with Crippen LogP contribution in [0, 0.1) is 17.6 Å². The predicted octanol–water partition coefficient (Wildman–Crippen LogP) is 2.81. The minimum atomic E-state index is -0.836. The summed E-state index contributed by atoms with van der Waals surface area (Å²) >= 11 is 0. The normalized spacial score (nSPS) is 23.5.